The first-order chi connectivity index (χ1) is 13.6. The quantitative estimate of drug-likeness (QED) is 0.502. The van der Waals surface area contributed by atoms with Crippen LogP contribution >= 0.6 is 0 Å². The van der Waals surface area contributed by atoms with Gasteiger partial charge >= 0.3 is 5.97 Å². The van der Waals surface area contributed by atoms with Gasteiger partial charge in [-0.25, -0.2) is 9.18 Å². The Morgan fingerprint density at radius 3 is 2.32 bits per heavy atom. The summed E-state index contributed by atoms with van der Waals surface area (Å²) < 4.78 is 17.8. The van der Waals surface area contributed by atoms with E-state index in [0.717, 1.165) is 11.1 Å². The molecule has 0 unspecified atom stereocenters. The number of carbonyl (C=O) groups is 2. The van der Waals surface area contributed by atoms with Crippen LogP contribution in [0.5, 0.6) is 0 Å². The molecule has 0 aliphatic heterocycles. The molecular formula is C23H18FNO3. The first kappa shape index (κ1) is 19.0. The lowest BCUT2D eigenvalue weighted by atomic mass is 10.0. The number of benzene rings is 3. The molecule has 0 fully saturated rings. The Morgan fingerprint density at radius 1 is 0.893 bits per heavy atom. The van der Waals surface area contributed by atoms with Gasteiger partial charge in [0.2, 0.25) is 0 Å². The van der Waals surface area contributed by atoms with Crippen LogP contribution in [-0.4, -0.2) is 18.5 Å². The highest BCUT2D eigenvalue weighted by Gasteiger charge is 2.09. The van der Waals surface area contributed by atoms with Gasteiger partial charge in [0.15, 0.2) is 6.61 Å². The van der Waals surface area contributed by atoms with Crippen molar-refractivity contribution in [2.75, 3.05) is 11.9 Å². The summed E-state index contributed by atoms with van der Waals surface area (Å²) >= 11 is 0. The van der Waals surface area contributed by atoms with Gasteiger partial charge < -0.3 is 10.1 Å². The monoisotopic (exact) mass is 375 g/mol. The average molecular weight is 375 g/mol. The molecule has 3 aromatic rings. The van der Waals surface area contributed by atoms with Crippen molar-refractivity contribution in [1.29, 1.82) is 0 Å². The molecule has 0 bridgehead atoms. The number of hydrogen-bond acceptors (Lipinski definition) is 3. The second-order valence-corrected chi connectivity index (χ2v) is 5.95. The van der Waals surface area contributed by atoms with E-state index in [9.17, 15) is 14.0 Å². The minimum absolute atomic E-state index is 0.354. The number of hydrogen-bond donors (Lipinski definition) is 1. The number of para-hydroxylation sites is 1. The number of esters is 1. The predicted octanol–water partition coefficient (Wildman–Crippen LogP) is 4.69. The van der Waals surface area contributed by atoms with Gasteiger partial charge in [0.25, 0.3) is 5.91 Å². The van der Waals surface area contributed by atoms with Crippen molar-refractivity contribution in [3.63, 3.8) is 0 Å². The molecule has 3 aromatic carbocycles. The van der Waals surface area contributed by atoms with E-state index >= 15 is 0 Å². The minimum atomic E-state index is -0.657. The molecule has 0 saturated carbocycles. The maximum atomic E-state index is 12.9. The van der Waals surface area contributed by atoms with Gasteiger partial charge in [-0.1, -0.05) is 60.7 Å². The number of anilines is 1. The summed E-state index contributed by atoms with van der Waals surface area (Å²) in [5.74, 6) is -1.45. The van der Waals surface area contributed by atoms with Gasteiger partial charge in [-0.2, -0.15) is 0 Å². The van der Waals surface area contributed by atoms with Gasteiger partial charge in [-0.15, -0.1) is 0 Å². The summed E-state index contributed by atoms with van der Waals surface area (Å²) in [6.45, 7) is -0.407. The van der Waals surface area contributed by atoms with E-state index < -0.39 is 18.5 Å². The molecule has 4 nitrogen and oxygen atoms in total. The van der Waals surface area contributed by atoms with E-state index in [0.29, 0.717) is 11.3 Å². The summed E-state index contributed by atoms with van der Waals surface area (Å²) in [4.78, 5) is 23.9. The number of rotatable bonds is 6. The standard InChI is InChI=1S/C23H18FNO3/c24-19-13-10-17(11-14-19)12-15-23(27)28-16-22(26)25-21-9-5-4-8-20(21)18-6-2-1-3-7-18/h1-15H,16H2,(H,25,26)/b15-12+. The van der Waals surface area contributed by atoms with Crippen molar-refractivity contribution in [2.24, 2.45) is 0 Å². The van der Waals surface area contributed by atoms with Gasteiger partial charge in [-0.3, -0.25) is 4.79 Å². The van der Waals surface area contributed by atoms with Crippen molar-refractivity contribution < 1.29 is 18.7 Å². The molecule has 0 saturated heterocycles. The molecule has 0 heterocycles. The third-order valence-corrected chi connectivity index (χ3v) is 3.91. The Kier molecular flexibility index (Phi) is 6.31. The van der Waals surface area contributed by atoms with E-state index in [1.807, 2.05) is 48.5 Å². The molecule has 0 atom stereocenters. The highest BCUT2D eigenvalue weighted by molar-refractivity contribution is 5.97. The molecule has 3 rings (SSSR count). The first-order valence-electron chi connectivity index (χ1n) is 8.66. The highest BCUT2D eigenvalue weighted by atomic mass is 19.1. The van der Waals surface area contributed by atoms with E-state index in [4.69, 9.17) is 4.74 Å². The van der Waals surface area contributed by atoms with Crippen molar-refractivity contribution in [3.8, 4) is 11.1 Å². The Morgan fingerprint density at radius 2 is 1.57 bits per heavy atom. The van der Waals surface area contributed by atoms with Gasteiger partial charge in [-0.05, 0) is 35.4 Å². The average Bonchev–Trinajstić information content (AvgIpc) is 2.73. The molecule has 0 aliphatic rings. The lowest BCUT2D eigenvalue weighted by Crippen LogP contribution is -2.20. The van der Waals surface area contributed by atoms with Crippen molar-refractivity contribution in [2.45, 2.75) is 0 Å². The van der Waals surface area contributed by atoms with Crippen LogP contribution in [0.25, 0.3) is 17.2 Å². The van der Waals surface area contributed by atoms with Crippen LogP contribution in [0, 0.1) is 5.82 Å². The number of amides is 1. The maximum absolute atomic E-state index is 12.9. The molecule has 0 spiro atoms. The molecule has 1 amide bonds. The lowest BCUT2D eigenvalue weighted by molar-refractivity contribution is -0.142. The number of carbonyl (C=O) groups excluding carboxylic acids is 2. The van der Waals surface area contributed by atoms with Gasteiger partial charge in [0.1, 0.15) is 5.82 Å². The second kappa shape index (κ2) is 9.28. The van der Waals surface area contributed by atoms with Crippen molar-refractivity contribution in [1.82, 2.24) is 0 Å². The third kappa shape index (κ3) is 5.38. The zero-order valence-electron chi connectivity index (χ0n) is 15.0. The molecule has 140 valence electrons. The number of halogens is 1. The zero-order chi connectivity index (χ0) is 19.8. The maximum Gasteiger partial charge on any atom is 0.331 e. The smallest absolute Gasteiger partial charge is 0.331 e. The van der Waals surface area contributed by atoms with Crippen LogP contribution in [0.1, 0.15) is 5.56 Å². The minimum Gasteiger partial charge on any atom is -0.452 e. The fourth-order valence-electron chi connectivity index (χ4n) is 2.57. The highest BCUT2D eigenvalue weighted by Crippen LogP contribution is 2.27. The fraction of sp³-hybridized carbons (Fsp3) is 0.0435. The number of nitrogens with one attached hydrogen (secondary N) is 1. The largest absolute Gasteiger partial charge is 0.452 e. The Balaban J connectivity index is 1.56. The van der Waals surface area contributed by atoms with Gasteiger partial charge in [0.05, 0.1) is 0 Å². The molecule has 0 aliphatic carbocycles. The van der Waals surface area contributed by atoms with E-state index in [2.05, 4.69) is 5.32 Å². The van der Waals surface area contributed by atoms with Crippen LogP contribution in [0.2, 0.25) is 0 Å². The predicted molar refractivity (Wildman–Crippen MR) is 107 cm³/mol. The molecule has 0 radical (unpaired) electrons. The second-order valence-electron chi connectivity index (χ2n) is 5.95. The lowest BCUT2D eigenvalue weighted by Gasteiger charge is -2.11. The van der Waals surface area contributed by atoms with Crippen LogP contribution < -0.4 is 5.32 Å². The molecule has 5 heteroatoms. The van der Waals surface area contributed by atoms with Gasteiger partial charge in [0, 0.05) is 17.3 Å². The van der Waals surface area contributed by atoms with E-state index in [-0.39, 0.29) is 5.82 Å². The summed E-state index contributed by atoms with van der Waals surface area (Å²) in [5.41, 5.74) is 3.13. The Bertz CT molecular complexity index is 982. The number of ether oxygens (including phenoxy) is 1. The van der Waals surface area contributed by atoms with Crippen LogP contribution in [0.15, 0.2) is 84.9 Å². The molecule has 28 heavy (non-hydrogen) atoms. The summed E-state index contributed by atoms with van der Waals surface area (Å²) in [6, 6.07) is 22.7. The van der Waals surface area contributed by atoms with E-state index in [1.165, 1.54) is 36.4 Å². The fourth-order valence-corrected chi connectivity index (χ4v) is 2.57. The first-order valence-corrected chi connectivity index (χ1v) is 8.66. The van der Waals surface area contributed by atoms with E-state index in [1.54, 1.807) is 6.07 Å². The third-order valence-electron chi connectivity index (χ3n) is 3.91. The van der Waals surface area contributed by atoms with Crippen LogP contribution in [0.4, 0.5) is 10.1 Å². The Hall–Kier alpha value is -3.73. The summed E-state index contributed by atoms with van der Waals surface area (Å²) in [7, 11) is 0. The van der Waals surface area contributed by atoms with Crippen LogP contribution in [0.3, 0.4) is 0 Å². The molecule has 1 N–H and O–H groups in total. The normalized spacial score (nSPS) is 10.6. The summed E-state index contributed by atoms with van der Waals surface area (Å²) in [5, 5.41) is 2.76. The molecule has 0 aromatic heterocycles. The van der Waals surface area contributed by atoms with Crippen molar-refractivity contribution >= 4 is 23.6 Å². The van der Waals surface area contributed by atoms with Crippen molar-refractivity contribution in [3.05, 3.63) is 96.3 Å². The van der Waals surface area contributed by atoms with Crippen LogP contribution in [-0.2, 0) is 14.3 Å². The summed E-state index contributed by atoms with van der Waals surface area (Å²) in [6.07, 6.45) is 2.68. The SMILES string of the molecule is O=C(COC(=O)/C=C/c1ccc(F)cc1)Nc1ccccc1-c1ccccc1. The molecular weight excluding hydrogens is 357 g/mol. The Labute approximate surface area is 162 Å². The topological polar surface area (TPSA) is 55.4 Å². The zero-order valence-corrected chi connectivity index (χ0v) is 15.0.